The molecule has 1 aromatic rings. The number of aryl methyl sites for hydroxylation is 1. The van der Waals surface area contributed by atoms with Gasteiger partial charge in [0.05, 0.1) is 5.92 Å². The van der Waals surface area contributed by atoms with Crippen LogP contribution in [-0.4, -0.2) is 33.8 Å². The largest absolute Gasteiger partial charge is 0.481 e. The van der Waals surface area contributed by atoms with E-state index in [1.54, 1.807) is 25.4 Å². The van der Waals surface area contributed by atoms with Crippen LogP contribution in [0.4, 0.5) is 0 Å². The van der Waals surface area contributed by atoms with E-state index in [-0.39, 0.29) is 5.69 Å². The van der Waals surface area contributed by atoms with Crippen LogP contribution >= 0.6 is 0 Å². The molecule has 0 saturated carbocycles. The molecule has 0 radical (unpaired) electrons. The molecule has 0 aromatic carbocycles. The number of aromatic nitrogens is 2. The van der Waals surface area contributed by atoms with Crippen LogP contribution in [0.2, 0.25) is 0 Å². The zero-order chi connectivity index (χ0) is 14.9. The normalized spacial score (nSPS) is 17.1. The summed E-state index contributed by atoms with van der Waals surface area (Å²) in [6.07, 6.45) is 3.26. The third kappa shape index (κ3) is 2.55. The van der Waals surface area contributed by atoms with Crippen LogP contribution in [0, 0.1) is 13.8 Å². The fraction of sp³-hybridized carbons (Fsp3) is 0.643. The van der Waals surface area contributed by atoms with Crippen molar-refractivity contribution in [1.29, 1.82) is 0 Å². The van der Waals surface area contributed by atoms with Crippen LogP contribution in [0.15, 0.2) is 4.79 Å². The Kier molecular flexibility index (Phi) is 4.11. The van der Waals surface area contributed by atoms with E-state index in [4.69, 9.17) is 0 Å². The molecular formula is C14H21N3O3. The summed E-state index contributed by atoms with van der Waals surface area (Å²) in [7, 11) is 0. The molecule has 0 aliphatic carbocycles. The van der Waals surface area contributed by atoms with E-state index < -0.39 is 11.9 Å². The molecule has 1 aliphatic heterocycles. The highest BCUT2D eigenvalue weighted by molar-refractivity contribution is 5.76. The van der Waals surface area contributed by atoms with Crippen molar-refractivity contribution in [3.8, 4) is 0 Å². The molecule has 1 fully saturated rings. The maximum absolute atomic E-state index is 12.2. The lowest BCUT2D eigenvalue weighted by Crippen LogP contribution is -2.48. The first-order valence-corrected chi connectivity index (χ1v) is 7.01. The molecule has 1 atom stereocenters. The van der Waals surface area contributed by atoms with Gasteiger partial charge in [0, 0.05) is 30.0 Å². The van der Waals surface area contributed by atoms with E-state index in [0.29, 0.717) is 17.0 Å². The van der Waals surface area contributed by atoms with Gasteiger partial charge >= 0.3 is 11.7 Å². The number of carboxylic acid groups (broad SMARTS) is 1. The van der Waals surface area contributed by atoms with Gasteiger partial charge in [-0.1, -0.05) is 0 Å². The van der Waals surface area contributed by atoms with Gasteiger partial charge in [-0.25, -0.2) is 9.47 Å². The molecule has 0 spiro atoms. The van der Waals surface area contributed by atoms with Crippen molar-refractivity contribution in [3.05, 3.63) is 27.4 Å². The minimum atomic E-state index is -0.901. The maximum atomic E-state index is 12.2. The van der Waals surface area contributed by atoms with Gasteiger partial charge in [0.1, 0.15) is 0 Å². The number of aliphatic carboxylic acids is 1. The summed E-state index contributed by atoms with van der Waals surface area (Å²) in [5.41, 5.74) is 1.53. The van der Waals surface area contributed by atoms with E-state index >= 15 is 0 Å². The molecule has 2 heterocycles. The van der Waals surface area contributed by atoms with Crippen LogP contribution in [0.3, 0.4) is 0 Å². The average Bonchev–Trinajstić information content (AvgIpc) is 2.39. The van der Waals surface area contributed by atoms with Gasteiger partial charge in [0.15, 0.2) is 0 Å². The summed E-state index contributed by atoms with van der Waals surface area (Å²) in [5, 5.41) is 11.2. The standard InChI is InChI=1S/C14H21N3O3/c1-9(13(18)19)12-10(2)15-14(20)17(11(12)3)16-7-5-4-6-8-16/h9H,4-8H2,1-3H3,(H,18,19). The topological polar surface area (TPSA) is 75.4 Å². The van der Waals surface area contributed by atoms with Crippen molar-refractivity contribution in [3.63, 3.8) is 0 Å². The van der Waals surface area contributed by atoms with Gasteiger partial charge in [-0.15, -0.1) is 0 Å². The monoisotopic (exact) mass is 279 g/mol. The highest BCUT2D eigenvalue weighted by Crippen LogP contribution is 2.22. The molecule has 1 aliphatic rings. The molecule has 2 rings (SSSR count). The van der Waals surface area contributed by atoms with Crippen molar-refractivity contribution in [1.82, 2.24) is 9.66 Å². The SMILES string of the molecule is Cc1nc(=O)n(N2CCCCC2)c(C)c1C(C)C(=O)O. The van der Waals surface area contributed by atoms with Gasteiger partial charge < -0.3 is 10.1 Å². The smallest absolute Gasteiger partial charge is 0.366 e. The second-order valence-electron chi connectivity index (χ2n) is 5.36. The van der Waals surface area contributed by atoms with E-state index in [1.165, 1.54) is 6.42 Å². The van der Waals surface area contributed by atoms with Gasteiger partial charge in [-0.2, -0.15) is 4.98 Å². The van der Waals surface area contributed by atoms with Crippen molar-refractivity contribution in [2.45, 2.75) is 46.0 Å². The fourth-order valence-electron chi connectivity index (χ4n) is 2.93. The van der Waals surface area contributed by atoms with Gasteiger partial charge in [0.2, 0.25) is 0 Å². The Morgan fingerprint density at radius 3 is 2.40 bits per heavy atom. The molecule has 110 valence electrons. The lowest BCUT2D eigenvalue weighted by atomic mass is 9.98. The molecule has 1 aromatic heterocycles. The second-order valence-corrected chi connectivity index (χ2v) is 5.36. The van der Waals surface area contributed by atoms with E-state index in [2.05, 4.69) is 4.98 Å². The second kappa shape index (κ2) is 5.64. The molecule has 1 N–H and O–H groups in total. The number of hydrogen-bond acceptors (Lipinski definition) is 4. The summed E-state index contributed by atoms with van der Waals surface area (Å²) in [6, 6.07) is 0. The van der Waals surface area contributed by atoms with Crippen molar-refractivity contribution in [2.24, 2.45) is 0 Å². The first-order valence-electron chi connectivity index (χ1n) is 7.01. The molecule has 1 saturated heterocycles. The average molecular weight is 279 g/mol. The summed E-state index contributed by atoms with van der Waals surface area (Å²) >= 11 is 0. The predicted molar refractivity (Wildman–Crippen MR) is 75.8 cm³/mol. The molecule has 6 heteroatoms. The van der Waals surface area contributed by atoms with Crippen molar-refractivity contribution < 1.29 is 9.90 Å². The number of carbonyl (C=O) groups is 1. The summed E-state index contributed by atoms with van der Waals surface area (Å²) < 4.78 is 1.56. The zero-order valence-corrected chi connectivity index (χ0v) is 12.2. The Hall–Kier alpha value is -1.85. The fourth-order valence-corrected chi connectivity index (χ4v) is 2.93. The van der Waals surface area contributed by atoms with Crippen molar-refractivity contribution in [2.75, 3.05) is 18.1 Å². The first kappa shape index (κ1) is 14.6. The third-order valence-corrected chi connectivity index (χ3v) is 3.96. The quantitative estimate of drug-likeness (QED) is 0.899. The van der Waals surface area contributed by atoms with Gasteiger partial charge in [-0.3, -0.25) is 4.79 Å². The lowest BCUT2D eigenvalue weighted by Gasteiger charge is -2.32. The Labute approximate surface area is 118 Å². The Balaban J connectivity index is 2.54. The number of nitrogens with zero attached hydrogens (tertiary/aromatic N) is 3. The highest BCUT2D eigenvalue weighted by Gasteiger charge is 2.24. The molecule has 20 heavy (non-hydrogen) atoms. The van der Waals surface area contributed by atoms with Gasteiger partial charge in [0.25, 0.3) is 0 Å². The molecular weight excluding hydrogens is 258 g/mol. The number of rotatable bonds is 3. The van der Waals surface area contributed by atoms with Crippen LogP contribution in [0.25, 0.3) is 0 Å². The Bertz CT molecular complexity index is 574. The Morgan fingerprint density at radius 1 is 1.25 bits per heavy atom. The van der Waals surface area contributed by atoms with E-state index in [9.17, 15) is 14.7 Å². The van der Waals surface area contributed by atoms with Crippen LogP contribution in [0.1, 0.15) is 49.1 Å². The molecule has 6 nitrogen and oxygen atoms in total. The number of carboxylic acids is 1. The maximum Gasteiger partial charge on any atom is 0.366 e. The number of piperidine rings is 1. The Morgan fingerprint density at radius 2 is 1.85 bits per heavy atom. The van der Waals surface area contributed by atoms with E-state index in [0.717, 1.165) is 25.9 Å². The molecule has 0 amide bonds. The van der Waals surface area contributed by atoms with Crippen LogP contribution < -0.4 is 10.7 Å². The van der Waals surface area contributed by atoms with Crippen LogP contribution in [0.5, 0.6) is 0 Å². The van der Waals surface area contributed by atoms with E-state index in [1.807, 2.05) is 5.01 Å². The number of hydrogen-bond donors (Lipinski definition) is 1. The molecule has 0 bridgehead atoms. The van der Waals surface area contributed by atoms with Crippen LogP contribution in [-0.2, 0) is 4.79 Å². The molecule has 1 unspecified atom stereocenters. The minimum absolute atomic E-state index is 0.316. The summed E-state index contributed by atoms with van der Waals surface area (Å²) in [6.45, 7) is 6.76. The third-order valence-electron chi connectivity index (χ3n) is 3.96. The lowest BCUT2D eigenvalue weighted by molar-refractivity contribution is -0.138. The van der Waals surface area contributed by atoms with Gasteiger partial charge in [-0.05, 0) is 40.0 Å². The zero-order valence-electron chi connectivity index (χ0n) is 12.2. The highest BCUT2D eigenvalue weighted by atomic mass is 16.4. The predicted octanol–water partition coefficient (Wildman–Crippen LogP) is 1.17. The van der Waals surface area contributed by atoms with Crippen molar-refractivity contribution >= 4 is 5.97 Å². The first-order chi connectivity index (χ1) is 9.43. The summed E-state index contributed by atoms with van der Waals surface area (Å²) in [5.74, 6) is -1.57. The minimum Gasteiger partial charge on any atom is -0.481 e. The summed E-state index contributed by atoms with van der Waals surface area (Å²) in [4.78, 5) is 27.4.